The van der Waals surface area contributed by atoms with Crippen molar-refractivity contribution in [3.63, 3.8) is 0 Å². The molecule has 0 aliphatic carbocycles. The van der Waals surface area contributed by atoms with E-state index in [4.69, 9.17) is 4.74 Å². The van der Waals surface area contributed by atoms with Crippen molar-refractivity contribution in [2.24, 2.45) is 0 Å². The van der Waals surface area contributed by atoms with Crippen molar-refractivity contribution >= 4 is 5.91 Å². The van der Waals surface area contributed by atoms with Crippen LogP contribution >= 0.6 is 0 Å². The molecule has 0 bridgehead atoms. The first-order chi connectivity index (χ1) is 12.9. The van der Waals surface area contributed by atoms with Crippen LogP contribution in [-0.2, 0) is 4.74 Å². The number of methoxy groups -OCH3 is 1. The number of halogens is 1. The number of para-hydroxylation sites is 1. The first kappa shape index (κ1) is 19.5. The minimum absolute atomic E-state index is 0.113. The Balaban J connectivity index is 1.77. The number of rotatable bonds is 5. The van der Waals surface area contributed by atoms with E-state index in [0.717, 1.165) is 12.2 Å². The molecule has 1 aliphatic heterocycles. The van der Waals surface area contributed by atoms with Crippen molar-refractivity contribution in [1.29, 1.82) is 0 Å². The minimum atomic E-state index is -0.364. The van der Waals surface area contributed by atoms with E-state index in [1.54, 1.807) is 31.4 Å². The van der Waals surface area contributed by atoms with Gasteiger partial charge < -0.3 is 9.64 Å². The van der Waals surface area contributed by atoms with Gasteiger partial charge in [-0.25, -0.2) is 9.07 Å². The molecule has 1 saturated heterocycles. The second kappa shape index (κ2) is 8.19. The molecule has 6 nitrogen and oxygen atoms in total. The van der Waals surface area contributed by atoms with Crippen molar-refractivity contribution in [3.05, 3.63) is 47.5 Å². The van der Waals surface area contributed by atoms with Crippen LogP contribution < -0.4 is 0 Å². The molecule has 2 aromatic rings. The number of hydrogen-bond donors (Lipinski definition) is 0. The molecular weight excluding hydrogens is 347 g/mol. The summed E-state index contributed by atoms with van der Waals surface area (Å²) in [4.78, 5) is 17.2. The molecule has 2 atom stereocenters. The second-order valence-electron chi connectivity index (χ2n) is 7.17. The average Bonchev–Trinajstić information content (AvgIpc) is 3.02. The fourth-order valence-corrected chi connectivity index (χ4v) is 3.77. The van der Waals surface area contributed by atoms with Gasteiger partial charge in [0.15, 0.2) is 5.69 Å². The van der Waals surface area contributed by atoms with E-state index in [0.29, 0.717) is 31.1 Å². The van der Waals surface area contributed by atoms with Gasteiger partial charge in [0.25, 0.3) is 5.91 Å². The zero-order valence-corrected chi connectivity index (χ0v) is 16.4. The van der Waals surface area contributed by atoms with E-state index in [1.165, 1.54) is 10.7 Å². The number of benzene rings is 1. The standard InChI is InChI=1S/C20H27FN4O2/c1-14-11-18(22-25(14)19-8-6-5-7-17(19)21)20(26)23-12-15(2)24(9-10-27-4)16(3)13-23/h5-8,11,15-16H,9-10,12-13H2,1-4H3. The second-order valence-corrected chi connectivity index (χ2v) is 7.17. The summed E-state index contributed by atoms with van der Waals surface area (Å²) in [6.07, 6.45) is 0. The van der Waals surface area contributed by atoms with Gasteiger partial charge in [-0.15, -0.1) is 0 Å². The Morgan fingerprint density at radius 2 is 1.93 bits per heavy atom. The summed E-state index contributed by atoms with van der Waals surface area (Å²) in [5.41, 5.74) is 1.42. The first-order valence-electron chi connectivity index (χ1n) is 9.28. The predicted octanol–water partition coefficient (Wildman–Crippen LogP) is 2.50. The SMILES string of the molecule is COCCN1C(C)CN(C(=O)c2cc(C)n(-c3ccccc3F)n2)CC1C. The Kier molecular flexibility index (Phi) is 5.92. The van der Waals surface area contributed by atoms with Crippen molar-refractivity contribution < 1.29 is 13.9 Å². The van der Waals surface area contributed by atoms with Crippen LogP contribution in [0.15, 0.2) is 30.3 Å². The van der Waals surface area contributed by atoms with Gasteiger partial charge in [-0.3, -0.25) is 9.69 Å². The van der Waals surface area contributed by atoms with Crippen molar-refractivity contribution in [2.45, 2.75) is 32.9 Å². The van der Waals surface area contributed by atoms with Gasteiger partial charge in [-0.05, 0) is 39.0 Å². The van der Waals surface area contributed by atoms with Gasteiger partial charge in [-0.2, -0.15) is 5.10 Å². The largest absolute Gasteiger partial charge is 0.383 e. The topological polar surface area (TPSA) is 50.6 Å². The number of nitrogens with zero attached hydrogens (tertiary/aromatic N) is 4. The van der Waals surface area contributed by atoms with E-state index in [9.17, 15) is 9.18 Å². The van der Waals surface area contributed by atoms with Gasteiger partial charge in [0.05, 0.1) is 6.61 Å². The molecule has 3 rings (SSSR count). The first-order valence-corrected chi connectivity index (χ1v) is 9.28. The zero-order valence-electron chi connectivity index (χ0n) is 16.4. The van der Waals surface area contributed by atoms with Gasteiger partial charge in [0, 0.05) is 44.5 Å². The van der Waals surface area contributed by atoms with Crippen LogP contribution in [0.3, 0.4) is 0 Å². The lowest BCUT2D eigenvalue weighted by Crippen LogP contribution is -2.58. The van der Waals surface area contributed by atoms with E-state index in [1.807, 2.05) is 11.8 Å². The molecule has 146 valence electrons. The highest BCUT2D eigenvalue weighted by atomic mass is 19.1. The summed E-state index contributed by atoms with van der Waals surface area (Å²) in [5, 5.41) is 4.39. The summed E-state index contributed by atoms with van der Waals surface area (Å²) in [5.74, 6) is -0.477. The minimum Gasteiger partial charge on any atom is -0.383 e. The Bertz CT molecular complexity index is 795. The molecule has 0 spiro atoms. The van der Waals surface area contributed by atoms with Crippen LogP contribution in [0, 0.1) is 12.7 Å². The molecule has 1 aromatic carbocycles. The van der Waals surface area contributed by atoms with Crippen LogP contribution in [0.5, 0.6) is 0 Å². The molecule has 1 aromatic heterocycles. The van der Waals surface area contributed by atoms with Crippen LogP contribution in [0.4, 0.5) is 4.39 Å². The number of carbonyl (C=O) groups is 1. The van der Waals surface area contributed by atoms with Crippen LogP contribution in [0.1, 0.15) is 30.0 Å². The molecule has 0 saturated carbocycles. The van der Waals surface area contributed by atoms with Crippen LogP contribution in [0.25, 0.3) is 5.69 Å². The molecule has 1 amide bonds. The smallest absolute Gasteiger partial charge is 0.274 e. The highest BCUT2D eigenvalue weighted by Crippen LogP contribution is 2.20. The van der Waals surface area contributed by atoms with Crippen molar-refractivity contribution in [3.8, 4) is 5.69 Å². The average molecular weight is 374 g/mol. The molecule has 1 fully saturated rings. The quantitative estimate of drug-likeness (QED) is 0.807. The molecule has 7 heteroatoms. The summed E-state index contributed by atoms with van der Waals surface area (Å²) in [6, 6.07) is 8.63. The maximum atomic E-state index is 14.1. The lowest BCUT2D eigenvalue weighted by atomic mass is 10.1. The molecule has 0 radical (unpaired) electrons. The number of carbonyl (C=O) groups excluding carboxylic acids is 1. The maximum absolute atomic E-state index is 14.1. The number of amides is 1. The summed E-state index contributed by atoms with van der Waals surface area (Å²) in [6.45, 7) is 8.86. The number of hydrogen-bond acceptors (Lipinski definition) is 4. The highest BCUT2D eigenvalue weighted by molar-refractivity contribution is 5.92. The molecule has 27 heavy (non-hydrogen) atoms. The van der Waals surface area contributed by atoms with Crippen molar-refractivity contribution in [1.82, 2.24) is 19.6 Å². The number of ether oxygens (including phenoxy) is 1. The molecule has 2 heterocycles. The van der Waals surface area contributed by atoms with E-state index in [2.05, 4.69) is 23.8 Å². The van der Waals surface area contributed by atoms with Crippen LogP contribution in [-0.4, -0.2) is 70.9 Å². The fraction of sp³-hybridized carbons (Fsp3) is 0.500. The molecular formula is C20H27FN4O2. The van der Waals surface area contributed by atoms with E-state index >= 15 is 0 Å². The lowest BCUT2D eigenvalue weighted by molar-refractivity contribution is 0.0190. The Morgan fingerprint density at radius 1 is 1.26 bits per heavy atom. The summed E-state index contributed by atoms with van der Waals surface area (Å²) < 4.78 is 20.8. The summed E-state index contributed by atoms with van der Waals surface area (Å²) in [7, 11) is 1.70. The highest BCUT2D eigenvalue weighted by Gasteiger charge is 2.32. The number of aromatic nitrogens is 2. The third-order valence-electron chi connectivity index (χ3n) is 5.13. The van der Waals surface area contributed by atoms with Crippen molar-refractivity contribution in [2.75, 3.05) is 33.4 Å². The maximum Gasteiger partial charge on any atom is 0.274 e. The van der Waals surface area contributed by atoms with E-state index in [-0.39, 0.29) is 23.8 Å². The monoisotopic (exact) mass is 374 g/mol. The van der Waals surface area contributed by atoms with E-state index < -0.39 is 0 Å². The fourth-order valence-electron chi connectivity index (χ4n) is 3.77. The normalized spacial score (nSPS) is 20.9. The number of aryl methyl sites for hydroxylation is 1. The third-order valence-corrected chi connectivity index (χ3v) is 5.13. The third kappa shape index (κ3) is 4.04. The van der Waals surface area contributed by atoms with Gasteiger partial charge in [0.1, 0.15) is 11.5 Å². The molecule has 0 N–H and O–H groups in total. The Morgan fingerprint density at radius 3 is 2.56 bits per heavy atom. The Hall–Kier alpha value is -2.25. The predicted molar refractivity (Wildman–Crippen MR) is 102 cm³/mol. The zero-order chi connectivity index (χ0) is 19.6. The van der Waals surface area contributed by atoms with Gasteiger partial charge >= 0.3 is 0 Å². The molecule has 2 unspecified atom stereocenters. The molecule has 1 aliphatic rings. The van der Waals surface area contributed by atoms with Crippen LogP contribution in [0.2, 0.25) is 0 Å². The number of piperazine rings is 1. The summed E-state index contributed by atoms with van der Waals surface area (Å²) >= 11 is 0. The van der Waals surface area contributed by atoms with Gasteiger partial charge in [-0.1, -0.05) is 12.1 Å². The Labute approximate surface area is 159 Å². The lowest BCUT2D eigenvalue weighted by Gasteiger charge is -2.44. The van der Waals surface area contributed by atoms with Gasteiger partial charge in [0.2, 0.25) is 0 Å².